The van der Waals surface area contributed by atoms with Gasteiger partial charge in [-0.15, -0.1) is 18.2 Å². The summed E-state index contributed by atoms with van der Waals surface area (Å²) in [6, 6.07) is 30.8. The second-order valence-electron chi connectivity index (χ2n) is 7.74. The van der Waals surface area contributed by atoms with E-state index in [9.17, 15) is 0 Å². The van der Waals surface area contributed by atoms with Gasteiger partial charge in [-0.3, -0.25) is 4.57 Å². The molecule has 3 aromatic heterocycles. The van der Waals surface area contributed by atoms with E-state index in [1.807, 2.05) is 60.0 Å². The Labute approximate surface area is 211 Å². The number of para-hydroxylation sites is 1. The third kappa shape index (κ3) is 4.00. The topological polar surface area (TPSA) is 52.8 Å². The first-order valence-electron chi connectivity index (χ1n) is 10.6. The first-order valence-corrected chi connectivity index (χ1v) is 10.6. The Kier molecular flexibility index (Phi) is 5.95. The molecule has 0 radical (unpaired) electrons. The first-order chi connectivity index (χ1) is 16.3. The van der Waals surface area contributed by atoms with Crippen molar-refractivity contribution in [1.29, 1.82) is 0 Å². The predicted molar refractivity (Wildman–Crippen MR) is 129 cm³/mol. The fourth-order valence-electron chi connectivity index (χ4n) is 4.01. The summed E-state index contributed by atoms with van der Waals surface area (Å²) in [4.78, 5) is 13.3. The fourth-order valence-corrected chi connectivity index (χ4v) is 4.01. The minimum atomic E-state index is 0. The van der Waals surface area contributed by atoms with Crippen molar-refractivity contribution in [2.75, 3.05) is 0 Å². The van der Waals surface area contributed by atoms with Crippen LogP contribution in [-0.4, -0.2) is 19.5 Å². The summed E-state index contributed by atoms with van der Waals surface area (Å²) >= 11 is 0. The Morgan fingerprint density at radius 2 is 1.56 bits per heavy atom. The van der Waals surface area contributed by atoms with E-state index in [2.05, 4.69) is 51.4 Å². The van der Waals surface area contributed by atoms with Crippen molar-refractivity contribution in [3.8, 4) is 28.7 Å². The summed E-state index contributed by atoms with van der Waals surface area (Å²) in [5.74, 6) is 1.76. The van der Waals surface area contributed by atoms with Gasteiger partial charge >= 0.3 is 21.1 Å². The molecule has 6 rings (SSSR count). The molecule has 3 heterocycles. The molecule has 5 nitrogen and oxygen atoms in total. The Morgan fingerprint density at radius 3 is 2.41 bits per heavy atom. The number of hydrogen-bond donors (Lipinski definition) is 0. The van der Waals surface area contributed by atoms with Gasteiger partial charge in [0.25, 0.3) is 0 Å². The molecule has 0 aliphatic heterocycles. The number of pyridine rings is 1. The molecule has 0 amide bonds. The van der Waals surface area contributed by atoms with Crippen molar-refractivity contribution in [3.05, 3.63) is 109 Å². The number of fused-ring (bicyclic) bond motifs is 3. The molecule has 0 saturated carbocycles. The Bertz CT molecular complexity index is 1610. The molecule has 166 valence electrons. The van der Waals surface area contributed by atoms with Gasteiger partial charge in [-0.25, -0.2) is 26.1 Å². The molecule has 6 heteroatoms. The number of hydrogen-bond acceptors (Lipinski definition) is 4. The summed E-state index contributed by atoms with van der Waals surface area (Å²) < 4.78 is 7.99. The largest absolute Gasteiger partial charge is 2.00 e. The van der Waals surface area contributed by atoms with Crippen LogP contribution < -0.4 is 4.74 Å². The maximum atomic E-state index is 5.94. The molecule has 0 fully saturated rings. The van der Waals surface area contributed by atoms with Gasteiger partial charge in [0.2, 0.25) is 11.8 Å². The van der Waals surface area contributed by atoms with Gasteiger partial charge in [0.15, 0.2) is 0 Å². The third-order valence-electron chi connectivity index (χ3n) is 5.50. The van der Waals surface area contributed by atoms with Gasteiger partial charge < -0.3 is 4.74 Å². The SMILES string of the molecule is Cc1ccnc(Oc2[c-]c(-c3[c-]c4c(cc3)c3ccccc3n4-c3ncccn3)ccc2)c1.[Pt+2]. The maximum absolute atomic E-state index is 5.94. The van der Waals surface area contributed by atoms with Crippen molar-refractivity contribution >= 4 is 21.8 Å². The summed E-state index contributed by atoms with van der Waals surface area (Å²) in [6.45, 7) is 2.01. The second kappa shape index (κ2) is 9.20. The van der Waals surface area contributed by atoms with Crippen LogP contribution >= 0.6 is 0 Å². The van der Waals surface area contributed by atoms with Crippen LogP contribution in [0.15, 0.2) is 91.4 Å². The van der Waals surface area contributed by atoms with Crippen molar-refractivity contribution in [2.45, 2.75) is 6.92 Å². The fraction of sp³-hybridized carbons (Fsp3) is 0.0357. The van der Waals surface area contributed by atoms with Crippen LogP contribution in [0, 0.1) is 19.1 Å². The van der Waals surface area contributed by atoms with Crippen molar-refractivity contribution in [3.63, 3.8) is 0 Å². The first kappa shape index (κ1) is 22.0. The molecule has 0 spiro atoms. The second-order valence-corrected chi connectivity index (χ2v) is 7.74. The Morgan fingerprint density at radius 1 is 0.735 bits per heavy atom. The van der Waals surface area contributed by atoms with Crippen molar-refractivity contribution < 1.29 is 25.8 Å². The molecular formula is C28H18N4OPt. The molecule has 0 unspecified atom stereocenters. The molecule has 3 aromatic carbocycles. The summed E-state index contributed by atoms with van der Waals surface area (Å²) in [5, 5.41) is 2.23. The number of ether oxygens (including phenoxy) is 1. The number of aryl methyl sites for hydroxylation is 1. The van der Waals surface area contributed by atoms with Gasteiger partial charge in [-0.05, 0) is 41.6 Å². The normalized spacial score (nSPS) is 10.9. The van der Waals surface area contributed by atoms with Gasteiger partial charge in [0, 0.05) is 35.9 Å². The van der Waals surface area contributed by atoms with E-state index < -0.39 is 0 Å². The number of nitrogens with zero attached hydrogens (tertiary/aromatic N) is 4. The third-order valence-corrected chi connectivity index (χ3v) is 5.50. The van der Waals surface area contributed by atoms with E-state index in [0.29, 0.717) is 17.6 Å². The summed E-state index contributed by atoms with van der Waals surface area (Å²) in [7, 11) is 0. The van der Waals surface area contributed by atoms with Crippen LogP contribution in [0.25, 0.3) is 38.9 Å². The Balaban J connectivity index is 0.00000241. The van der Waals surface area contributed by atoms with Gasteiger partial charge in [-0.1, -0.05) is 23.6 Å². The smallest absolute Gasteiger partial charge is 0.460 e. The predicted octanol–water partition coefficient (Wildman–Crippen LogP) is 6.33. The zero-order valence-corrected chi connectivity index (χ0v) is 20.4. The molecule has 0 saturated heterocycles. The van der Waals surface area contributed by atoms with Crippen molar-refractivity contribution in [1.82, 2.24) is 19.5 Å². The zero-order valence-electron chi connectivity index (χ0n) is 18.2. The standard InChI is InChI=1S/C28H18N4O.Pt/c1-19-12-15-29-27(16-19)33-22-7-4-6-20(17-22)21-10-11-24-23-8-2-3-9-25(23)32(26(24)18-21)28-30-13-5-14-31-28;/h2-16H,1H3;/q-2;+2. The molecule has 34 heavy (non-hydrogen) atoms. The monoisotopic (exact) mass is 621 g/mol. The quantitative estimate of drug-likeness (QED) is 0.216. The van der Waals surface area contributed by atoms with Crippen molar-refractivity contribution in [2.24, 2.45) is 0 Å². The van der Waals surface area contributed by atoms with Gasteiger partial charge in [0.1, 0.15) is 0 Å². The van der Waals surface area contributed by atoms with Crippen LogP contribution in [0.1, 0.15) is 5.56 Å². The number of aromatic nitrogens is 4. The molecule has 0 N–H and O–H groups in total. The number of benzene rings is 3. The minimum absolute atomic E-state index is 0. The van der Waals surface area contributed by atoms with E-state index in [1.165, 1.54) is 0 Å². The van der Waals surface area contributed by atoms with E-state index in [-0.39, 0.29) is 21.1 Å². The summed E-state index contributed by atoms with van der Waals surface area (Å²) in [5.41, 5.74) is 4.84. The van der Waals surface area contributed by atoms with Crippen LogP contribution in [0.2, 0.25) is 0 Å². The van der Waals surface area contributed by atoms with E-state index in [0.717, 1.165) is 38.5 Å². The van der Waals surface area contributed by atoms with E-state index in [1.54, 1.807) is 18.6 Å². The summed E-state index contributed by atoms with van der Waals surface area (Å²) in [6.07, 6.45) is 5.24. The molecule has 0 aliphatic rings. The molecule has 6 aromatic rings. The van der Waals surface area contributed by atoms with Crippen LogP contribution in [0.5, 0.6) is 11.6 Å². The number of rotatable bonds is 4. The van der Waals surface area contributed by atoms with Crippen LogP contribution in [0.3, 0.4) is 0 Å². The molecular weight excluding hydrogens is 603 g/mol. The zero-order chi connectivity index (χ0) is 22.2. The molecule has 0 atom stereocenters. The minimum Gasteiger partial charge on any atom is -0.460 e. The van der Waals surface area contributed by atoms with E-state index >= 15 is 0 Å². The molecule has 0 bridgehead atoms. The van der Waals surface area contributed by atoms with Gasteiger partial charge in [0.05, 0.1) is 0 Å². The average molecular weight is 622 g/mol. The van der Waals surface area contributed by atoms with Crippen LogP contribution in [0.4, 0.5) is 0 Å². The Hall–Kier alpha value is -3.82. The van der Waals surface area contributed by atoms with E-state index in [4.69, 9.17) is 4.74 Å². The van der Waals surface area contributed by atoms with Crippen LogP contribution in [-0.2, 0) is 21.1 Å². The maximum Gasteiger partial charge on any atom is 2.00 e. The van der Waals surface area contributed by atoms with Gasteiger partial charge in [-0.2, -0.15) is 24.3 Å². The average Bonchev–Trinajstić information content (AvgIpc) is 3.18. The molecule has 0 aliphatic carbocycles.